The lowest BCUT2D eigenvalue weighted by Crippen LogP contribution is -2.14. The highest BCUT2D eigenvalue weighted by Crippen LogP contribution is 2.24. The highest BCUT2D eigenvalue weighted by molar-refractivity contribution is 7.92. The first-order chi connectivity index (χ1) is 20.4. The average molecular weight is 676 g/mol. The van der Waals surface area contributed by atoms with Crippen molar-refractivity contribution in [2.45, 2.75) is 9.79 Å². The zero-order chi connectivity index (χ0) is 31.0. The summed E-state index contributed by atoms with van der Waals surface area (Å²) in [6, 6.07) is 30.4. The lowest BCUT2D eigenvalue weighted by molar-refractivity contribution is 0.597. The molecule has 4 aromatic carbocycles. The number of nitrogens with one attached hydrogen (secondary N) is 1. The van der Waals surface area contributed by atoms with Gasteiger partial charge in [-0.15, -0.1) is 0 Å². The number of anilines is 1. The van der Waals surface area contributed by atoms with Crippen molar-refractivity contribution in [1.29, 1.82) is 0 Å². The summed E-state index contributed by atoms with van der Waals surface area (Å²) in [6.45, 7) is 0. The number of benzene rings is 4. The molecule has 0 amide bonds. The van der Waals surface area contributed by atoms with Crippen molar-refractivity contribution < 1.29 is 16.8 Å². The predicted molar refractivity (Wildman–Crippen MR) is 169 cm³/mol. The number of fused-ring (bicyclic) bond motifs is 2. The van der Waals surface area contributed by atoms with Crippen molar-refractivity contribution in [2.75, 3.05) is 4.72 Å². The Morgan fingerprint density at radius 3 is 1.23 bits per heavy atom. The third-order valence-electron chi connectivity index (χ3n) is 5.37. The van der Waals surface area contributed by atoms with E-state index in [9.17, 15) is 16.8 Å². The maximum Gasteiger partial charge on any atom is 0.263 e. The van der Waals surface area contributed by atoms with Gasteiger partial charge in [0.05, 0.1) is 31.9 Å². The number of nitrogens with two attached hydrogens (primary N) is 1. The minimum Gasteiger partial charge on any atom is -0.261 e. The maximum absolute atomic E-state index is 12.3. The van der Waals surface area contributed by atoms with E-state index in [1.54, 1.807) is 60.7 Å². The Morgan fingerprint density at radius 1 is 0.488 bits per heavy atom. The van der Waals surface area contributed by atoms with Crippen molar-refractivity contribution in [3.05, 3.63) is 125 Å². The zero-order valence-corrected chi connectivity index (χ0v) is 25.7. The van der Waals surface area contributed by atoms with Gasteiger partial charge in [0, 0.05) is 0 Å². The van der Waals surface area contributed by atoms with E-state index >= 15 is 0 Å². The predicted octanol–water partition coefficient (Wildman–Crippen LogP) is 6.35. The first-order valence-electron chi connectivity index (χ1n) is 12.1. The van der Waals surface area contributed by atoms with Gasteiger partial charge in [0.1, 0.15) is 0 Å². The molecule has 0 radical (unpaired) electrons. The van der Waals surface area contributed by atoms with E-state index in [1.165, 1.54) is 24.3 Å². The Balaban J connectivity index is 0.000000163. The van der Waals surface area contributed by atoms with Gasteiger partial charge in [0.25, 0.3) is 10.0 Å². The van der Waals surface area contributed by atoms with Crippen molar-refractivity contribution in [3.63, 3.8) is 0 Å². The molecule has 6 rings (SSSR count). The summed E-state index contributed by atoms with van der Waals surface area (Å²) in [6.07, 6.45) is 0. The molecule has 2 heterocycles. The Labute approximate surface area is 262 Å². The SMILES string of the molecule is Clc1nc2ccccc2nc1Cl.NS(=O)(=O)c1ccccc1.O=S(=O)(Nc1nc2ccccc2nc1Cl)c1ccccc1. The van der Waals surface area contributed by atoms with Crippen LogP contribution in [0.3, 0.4) is 0 Å². The van der Waals surface area contributed by atoms with E-state index < -0.39 is 20.0 Å². The van der Waals surface area contributed by atoms with Gasteiger partial charge in [-0.2, -0.15) is 0 Å². The third-order valence-corrected chi connectivity index (χ3v) is 8.54. The van der Waals surface area contributed by atoms with Gasteiger partial charge in [-0.1, -0.05) is 95.5 Å². The normalized spacial score (nSPS) is 11.2. The molecule has 3 N–H and O–H groups in total. The number of rotatable bonds is 4. The van der Waals surface area contributed by atoms with Crippen molar-refractivity contribution in [2.24, 2.45) is 5.14 Å². The second-order valence-electron chi connectivity index (χ2n) is 8.42. The lowest BCUT2D eigenvalue weighted by atomic mass is 10.3. The van der Waals surface area contributed by atoms with E-state index in [1.807, 2.05) is 24.3 Å². The lowest BCUT2D eigenvalue weighted by Gasteiger charge is -2.09. The molecule has 0 fully saturated rings. The maximum atomic E-state index is 12.3. The van der Waals surface area contributed by atoms with Crippen LogP contribution in [-0.4, -0.2) is 36.8 Å². The monoisotopic (exact) mass is 674 g/mol. The molecule has 0 saturated heterocycles. The first-order valence-corrected chi connectivity index (χ1v) is 16.3. The number of nitrogens with zero attached hydrogens (tertiary/aromatic N) is 4. The molecule has 10 nitrogen and oxygen atoms in total. The molecular weight excluding hydrogens is 655 g/mol. The minimum absolute atomic E-state index is 0.00760. The van der Waals surface area contributed by atoms with E-state index in [2.05, 4.69) is 24.7 Å². The topological polar surface area (TPSA) is 158 Å². The zero-order valence-electron chi connectivity index (χ0n) is 21.8. The molecule has 220 valence electrons. The standard InChI is InChI=1S/C14H10ClN3O2S.C8H4Cl2N2.C6H7NO2S/c15-13-14(17-12-9-5-4-8-11(12)16-13)18-21(19,20)10-6-2-1-3-7-10;9-7-8(10)12-6-4-2-1-3-5(6)11-7;7-10(8,9)6-4-2-1-3-5-6/h1-9H,(H,17,18);1-4H;1-5H,(H2,7,8,9). The molecule has 0 atom stereocenters. The summed E-state index contributed by atoms with van der Waals surface area (Å²) < 4.78 is 48.1. The molecule has 2 aromatic heterocycles. The fraction of sp³-hybridized carbons (Fsp3) is 0. The Hall–Kier alpha value is -3.91. The van der Waals surface area contributed by atoms with E-state index in [-0.39, 0.29) is 31.1 Å². The second kappa shape index (κ2) is 14.0. The molecule has 0 spiro atoms. The van der Waals surface area contributed by atoms with Crippen LogP contribution >= 0.6 is 34.8 Å². The van der Waals surface area contributed by atoms with Gasteiger partial charge in [-0.25, -0.2) is 41.9 Å². The van der Waals surface area contributed by atoms with Gasteiger partial charge in [0.15, 0.2) is 21.3 Å². The Morgan fingerprint density at radius 2 is 0.837 bits per heavy atom. The van der Waals surface area contributed by atoms with Gasteiger partial charge in [-0.3, -0.25) is 4.72 Å². The van der Waals surface area contributed by atoms with Crippen LogP contribution in [0, 0.1) is 0 Å². The summed E-state index contributed by atoms with van der Waals surface area (Å²) in [4.78, 5) is 16.7. The molecule has 0 aliphatic rings. The molecule has 0 saturated carbocycles. The molecular formula is C28H21Cl3N6O4S2. The number of aromatic nitrogens is 4. The van der Waals surface area contributed by atoms with E-state index in [0.29, 0.717) is 11.0 Å². The molecule has 15 heteroatoms. The van der Waals surface area contributed by atoms with Crippen LogP contribution < -0.4 is 9.86 Å². The first kappa shape index (κ1) is 32.0. The minimum atomic E-state index is -3.74. The largest absolute Gasteiger partial charge is 0.263 e. The van der Waals surface area contributed by atoms with Crippen LogP contribution in [0.2, 0.25) is 15.5 Å². The number of primary sulfonamides is 1. The van der Waals surface area contributed by atoms with Crippen molar-refractivity contribution in [1.82, 2.24) is 19.9 Å². The number of hydrogen-bond acceptors (Lipinski definition) is 8. The molecule has 6 aromatic rings. The highest BCUT2D eigenvalue weighted by atomic mass is 35.5. The second-order valence-corrected chi connectivity index (χ2v) is 12.7. The number of hydrogen-bond donors (Lipinski definition) is 2. The van der Waals surface area contributed by atoms with Gasteiger partial charge < -0.3 is 0 Å². The van der Waals surface area contributed by atoms with Gasteiger partial charge >= 0.3 is 0 Å². The summed E-state index contributed by atoms with van der Waals surface area (Å²) in [5.74, 6) is 0.0132. The van der Waals surface area contributed by atoms with Crippen LogP contribution in [0.15, 0.2) is 119 Å². The molecule has 0 aliphatic carbocycles. The Kier molecular flexibility index (Phi) is 10.5. The van der Waals surface area contributed by atoms with Crippen LogP contribution in [0.1, 0.15) is 0 Å². The number of para-hydroxylation sites is 4. The molecule has 43 heavy (non-hydrogen) atoms. The molecule has 0 aliphatic heterocycles. The number of halogens is 3. The summed E-state index contributed by atoms with van der Waals surface area (Å²) in [5, 5.41) is 5.33. The molecule has 0 bridgehead atoms. The van der Waals surface area contributed by atoms with Gasteiger partial charge in [-0.05, 0) is 48.5 Å². The van der Waals surface area contributed by atoms with Crippen molar-refractivity contribution >= 4 is 82.7 Å². The Bertz CT molecular complexity index is 2050. The summed E-state index contributed by atoms with van der Waals surface area (Å²) in [7, 11) is -7.24. The van der Waals surface area contributed by atoms with Crippen LogP contribution in [0.5, 0.6) is 0 Å². The average Bonchev–Trinajstić information content (AvgIpc) is 2.99. The quantitative estimate of drug-likeness (QED) is 0.219. The van der Waals surface area contributed by atoms with Crippen LogP contribution in [0.25, 0.3) is 22.1 Å². The van der Waals surface area contributed by atoms with E-state index in [4.69, 9.17) is 39.9 Å². The fourth-order valence-corrected chi connectivity index (χ4v) is 5.47. The molecule has 0 unspecified atom stereocenters. The van der Waals surface area contributed by atoms with E-state index in [0.717, 1.165) is 11.0 Å². The smallest absolute Gasteiger partial charge is 0.261 e. The third kappa shape index (κ3) is 8.80. The summed E-state index contributed by atoms with van der Waals surface area (Å²) >= 11 is 17.4. The summed E-state index contributed by atoms with van der Waals surface area (Å²) in [5.41, 5.74) is 2.68. The van der Waals surface area contributed by atoms with Crippen LogP contribution in [-0.2, 0) is 20.0 Å². The van der Waals surface area contributed by atoms with Crippen molar-refractivity contribution in [3.8, 4) is 0 Å². The number of sulfonamides is 2. The van der Waals surface area contributed by atoms with Crippen LogP contribution in [0.4, 0.5) is 5.82 Å². The van der Waals surface area contributed by atoms with Gasteiger partial charge in [0.2, 0.25) is 10.0 Å². The fourth-order valence-electron chi connectivity index (χ4n) is 3.40. The highest BCUT2D eigenvalue weighted by Gasteiger charge is 2.17.